The number of fused-ring (bicyclic) bond motifs is 1. The predicted molar refractivity (Wildman–Crippen MR) is 65.4 cm³/mol. The second-order valence-electron chi connectivity index (χ2n) is 3.48. The number of anilines is 2. The van der Waals surface area contributed by atoms with Crippen LogP contribution in [0, 0.1) is 6.92 Å². The number of halogens is 1. The fourth-order valence-electron chi connectivity index (χ4n) is 1.69. The minimum absolute atomic E-state index is 0.631. The zero-order valence-corrected chi connectivity index (χ0v) is 9.39. The van der Waals surface area contributed by atoms with Gasteiger partial charge < -0.3 is 11.1 Å². The van der Waals surface area contributed by atoms with Crippen LogP contribution in [0.3, 0.4) is 0 Å². The van der Waals surface area contributed by atoms with E-state index >= 15 is 0 Å². The quantitative estimate of drug-likeness (QED) is 0.779. The number of nitrogens with zero attached hydrogens (tertiary/aromatic N) is 1. The van der Waals surface area contributed by atoms with Gasteiger partial charge in [-0.2, -0.15) is 0 Å². The standard InChI is InChI=1S/C11H12ClN3/c1-6-3-7-10(8(12)4-6)15-5-9(13)11(7)14-2/h3-5H,13H2,1-2H3,(H,14,15). The first kappa shape index (κ1) is 10.1. The lowest BCUT2D eigenvalue weighted by atomic mass is 10.1. The molecule has 0 spiro atoms. The van der Waals surface area contributed by atoms with Crippen molar-refractivity contribution in [3.63, 3.8) is 0 Å². The van der Waals surface area contributed by atoms with Crippen molar-refractivity contribution in [2.45, 2.75) is 6.92 Å². The second kappa shape index (κ2) is 3.59. The van der Waals surface area contributed by atoms with Gasteiger partial charge in [-0.1, -0.05) is 11.6 Å². The third kappa shape index (κ3) is 1.59. The molecule has 15 heavy (non-hydrogen) atoms. The van der Waals surface area contributed by atoms with Crippen molar-refractivity contribution in [2.24, 2.45) is 0 Å². The van der Waals surface area contributed by atoms with Gasteiger partial charge in [-0.3, -0.25) is 4.98 Å². The highest BCUT2D eigenvalue weighted by atomic mass is 35.5. The highest BCUT2D eigenvalue weighted by Gasteiger charge is 2.08. The van der Waals surface area contributed by atoms with E-state index in [9.17, 15) is 0 Å². The maximum Gasteiger partial charge on any atom is 0.0910 e. The van der Waals surface area contributed by atoms with E-state index < -0.39 is 0 Å². The molecule has 0 unspecified atom stereocenters. The molecule has 1 aromatic carbocycles. The van der Waals surface area contributed by atoms with Crippen LogP contribution in [0.25, 0.3) is 10.9 Å². The number of rotatable bonds is 1. The summed E-state index contributed by atoms with van der Waals surface area (Å²) in [5, 5.41) is 4.68. The Morgan fingerprint density at radius 2 is 2.13 bits per heavy atom. The van der Waals surface area contributed by atoms with E-state index in [4.69, 9.17) is 17.3 Å². The van der Waals surface area contributed by atoms with Crippen molar-refractivity contribution in [2.75, 3.05) is 18.1 Å². The first-order valence-electron chi connectivity index (χ1n) is 4.65. The van der Waals surface area contributed by atoms with Crippen molar-refractivity contribution in [3.8, 4) is 0 Å². The predicted octanol–water partition coefficient (Wildman–Crippen LogP) is 2.82. The minimum Gasteiger partial charge on any atom is -0.396 e. The molecular formula is C11H12ClN3. The van der Waals surface area contributed by atoms with Crippen molar-refractivity contribution < 1.29 is 0 Å². The number of pyridine rings is 1. The van der Waals surface area contributed by atoms with Gasteiger partial charge in [0.1, 0.15) is 0 Å². The third-order valence-electron chi connectivity index (χ3n) is 2.35. The fourth-order valence-corrected chi connectivity index (χ4v) is 2.01. The zero-order valence-electron chi connectivity index (χ0n) is 8.63. The molecule has 0 saturated carbocycles. The number of aromatic nitrogens is 1. The summed E-state index contributed by atoms with van der Waals surface area (Å²) in [4.78, 5) is 4.23. The lowest BCUT2D eigenvalue weighted by Crippen LogP contribution is -1.98. The fraction of sp³-hybridized carbons (Fsp3) is 0.182. The summed E-state index contributed by atoms with van der Waals surface area (Å²) in [6, 6.07) is 3.92. The molecule has 0 saturated heterocycles. The molecule has 2 aromatic rings. The lowest BCUT2D eigenvalue weighted by molar-refractivity contribution is 1.38. The van der Waals surface area contributed by atoms with Crippen LogP contribution in [0.15, 0.2) is 18.3 Å². The topological polar surface area (TPSA) is 50.9 Å². The number of nitrogens with two attached hydrogens (primary N) is 1. The van der Waals surface area contributed by atoms with Crippen LogP contribution in [-0.2, 0) is 0 Å². The first-order chi connectivity index (χ1) is 7.13. The summed E-state index contributed by atoms with van der Waals surface area (Å²) in [6.45, 7) is 1.99. The summed E-state index contributed by atoms with van der Waals surface area (Å²) in [5.41, 5.74) is 9.21. The normalized spacial score (nSPS) is 10.6. The molecule has 0 aliphatic carbocycles. The maximum atomic E-state index is 6.11. The first-order valence-corrected chi connectivity index (χ1v) is 5.03. The smallest absolute Gasteiger partial charge is 0.0910 e. The van der Waals surface area contributed by atoms with E-state index in [1.807, 2.05) is 26.1 Å². The molecule has 2 rings (SSSR count). The van der Waals surface area contributed by atoms with Gasteiger partial charge in [-0.25, -0.2) is 0 Å². The van der Waals surface area contributed by atoms with Gasteiger partial charge in [-0.05, 0) is 24.6 Å². The number of aryl methyl sites for hydroxylation is 1. The van der Waals surface area contributed by atoms with Gasteiger partial charge in [0, 0.05) is 12.4 Å². The van der Waals surface area contributed by atoms with Crippen LogP contribution in [0.5, 0.6) is 0 Å². The van der Waals surface area contributed by atoms with Gasteiger partial charge >= 0.3 is 0 Å². The molecule has 1 aromatic heterocycles. The molecule has 0 radical (unpaired) electrons. The molecule has 4 heteroatoms. The van der Waals surface area contributed by atoms with Gasteiger partial charge in [-0.15, -0.1) is 0 Å². The SMILES string of the molecule is CNc1c(N)cnc2c(Cl)cc(C)cc12. The maximum absolute atomic E-state index is 6.11. The van der Waals surface area contributed by atoms with Crippen LogP contribution in [0.2, 0.25) is 5.02 Å². The molecule has 0 bridgehead atoms. The van der Waals surface area contributed by atoms with Gasteiger partial charge in [0.2, 0.25) is 0 Å². The summed E-state index contributed by atoms with van der Waals surface area (Å²) in [6.07, 6.45) is 1.62. The Bertz CT molecular complexity index is 523. The molecular weight excluding hydrogens is 210 g/mol. The molecule has 1 heterocycles. The Kier molecular flexibility index (Phi) is 2.40. The third-order valence-corrected chi connectivity index (χ3v) is 2.64. The molecule has 0 fully saturated rings. The number of benzene rings is 1. The van der Waals surface area contributed by atoms with Crippen LogP contribution >= 0.6 is 11.6 Å². The van der Waals surface area contributed by atoms with E-state index in [1.165, 1.54) is 0 Å². The van der Waals surface area contributed by atoms with E-state index in [0.717, 1.165) is 22.2 Å². The highest BCUT2D eigenvalue weighted by molar-refractivity contribution is 6.35. The summed E-state index contributed by atoms with van der Waals surface area (Å²) in [5.74, 6) is 0. The molecule has 0 aliphatic rings. The summed E-state index contributed by atoms with van der Waals surface area (Å²) in [7, 11) is 1.83. The Labute approximate surface area is 93.3 Å². The number of hydrogen-bond acceptors (Lipinski definition) is 3. The molecule has 0 amide bonds. The van der Waals surface area contributed by atoms with Crippen molar-refractivity contribution in [1.29, 1.82) is 0 Å². The van der Waals surface area contributed by atoms with Gasteiger partial charge in [0.25, 0.3) is 0 Å². The Morgan fingerprint density at radius 3 is 2.80 bits per heavy atom. The van der Waals surface area contributed by atoms with Crippen LogP contribution in [-0.4, -0.2) is 12.0 Å². The Morgan fingerprint density at radius 1 is 1.40 bits per heavy atom. The second-order valence-corrected chi connectivity index (χ2v) is 3.89. The van der Waals surface area contributed by atoms with E-state index in [2.05, 4.69) is 10.3 Å². The van der Waals surface area contributed by atoms with Gasteiger partial charge in [0.15, 0.2) is 0 Å². The monoisotopic (exact) mass is 221 g/mol. The molecule has 78 valence electrons. The molecule has 0 atom stereocenters. The largest absolute Gasteiger partial charge is 0.396 e. The molecule has 3 N–H and O–H groups in total. The number of hydrogen-bond donors (Lipinski definition) is 2. The Balaban J connectivity index is 2.91. The Hall–Kier alpha value is -1.48. The van der Waals surface area contributed by atoms with Crippen molar-refractivity contribution in [3.05, 3.63) is 28.9 Å². The number of nitrogens with one attached hydrogen (secondary N) is 1. The van der Waals surface area contributed by atoms with E-state index in [-0.39, 0.29) is 0 Å². The van der Waals surface area contributed by atoms with Crippen LogP contribution in [0.1, 0.15) is 5.56 Å². The van der Waals surface area contributed by atoms with Crippen LogP contribution < -0.4 is 11.1 Å². The summed E-state index contributed by atoms with van der Waals surface area (Å²) < 4.78 is 0. The van der Waals surface area contributed by atoms with Crippen LogP contribution in [0.4, 0.5) is 11.4 Å². The van der Waals surface area contributed by atoms with Crippen molar-refractivity contribution >= 4 is 33.9 Å². The van der Waals surface area contributed by atoms with E-state index in [1.54, 1.807) is 6.20 Å². The highest BCUT2D eigenvalue weighted by Crippen LogP contribution is 2.32. The van der Waals surface area contributed by atoms with Gasteiger partial charge in [0.05, 0.1) is 28.1 Å². The minimum atomic E-state index is 0.631. The molecule has 0 aliphatic heterocycles. The van der Waals surface area contributed by atoms with Crippen molar-refractivity contribution in [1.82, 2.24) is 4.98 Å². The zero-order chi connectivity index (χ0) is 11.0. The average molecular weight is 222 g/mol. The lowest BCUT2D eigenvalue weighted by Gasteiger charge is -2.10. The average Bonchev–Trinajstić information content (AvgIpc) is 2.17. The molecule has 3 nitrogen and oxygen atoms in total. The van der Waals surface area contributed by atoms with E-state index in [0.29, 0.717) is 10.7 Å². The number of nitrogen functional groups attached to an aromatic ring is 1. The summed E-state index contributed by atoms with van der Waals surface area (Å²) >= 11 is 6.11.